The van der Waals surface area contributed by atoms with Gasteiger partial charge in [-0.15, -0.1) is 11.8 Å². The Hall–Kier alpha value is -1.20. The van der Waals surface area contributed by atoms with E-state index in [-0.39, 0.29) is 12.5 Å². The van der Waals surface area contributed by atoms with Crippen molar-refractivity contribution in [3.63, 3.8) is 0 Å². The van der Waals surface area contributed by atoms with Crippen LogP contribution in [0.1, 0.15) is 6.42 Å². The summed E-state index contributed by atoms with van der Waals surface area (Å²) in [4.78, 5) is 15.1. The minimum Gasteiger partial charge on any atom is -0.484 e. The lowest BCUT2D eigenvalue weighted by atomic mass is 10.3. The molecule has 0 radical (unpaired) electrons. The van der Waals surface area contributed by atoms with Gasteiger partial charge in [-0.3, -0.25) is 4.79 Å². The van der Waals surface area contributed by atoms with E-state index in [1.807, 2.05) is 35.4 Å². The number of thioether (sulfide) groups is 1. The summed E-state index contributed by atoms with van der Waals surface area (Å²) in [6.07, 6.45) is 3.04. The van der Waals surface area contributed by atoms with Gasteiger partial charge in [0.15, 0.2) is 6.61 Å². The minimum atomic E-state index is 0.0673. The monoisotopic (exact) mass is 280 g/mol. The van der Waals surface area contributed by atoms with Gasteiger partial charge in [-0.05, 0) is 43.5 Å². The molecule has 0 aromatic heterocycles. The van der Waals surface area contributed by atoms with Gasteiger partial charge in [0.1, 0.15) is 5.75 Å². The third-order valence-electron chi connectivity index (χ3n) is 3.11. The van der Waals surface area contributed by atoms with Crippen LogP contribution in [-0.2, 0) is 4.79 Å². The highest BCUT2D eigenvalue weighted by molar-refractivity contribution is 7.98. The van der Waals surface area contributed by atoms with Gasteiger partial charge in [0.2, 0.25) is 0 Å². The van der Waals surface area contributed by atoms with Crippen LogP contribution >= 0.6 is 11.8 Å². The lowest BCUT2D eigenvalue weighted by Gasteiger charge is -2.20. The number of carbonyl (C=O) groups excluding carboxylic acids is 1. The first-order valence-corrected chi connectivity index (χ1v) is 7.77. The fourth-order valence-corrected chi connectivity index (χ4v) is 2.41. The van der Waals surface area contributed by atoms with Gasteiger partial charge in [-0.25, -0.2) is 0 Å². The fraction of sp³-hybridized carbons (Fsp3) is 0.500. The second kappa shape index (κ2) is 7.40. The summed E-state index contributed by atoms with van der Waals surface area (Å²) >= 11 is 1.69. The lowest BCUT2D eigenvalue weighted by molar-refractivity contribution is -0.133. The third kappa shape index (κ3) is 4.44. The number of nitrogens with one attached hydrogen (secondary N) is 1. The van der Waals surface area contributed by atoms with E-state index in [0.717, 1.165) is 38.3 Å². The number of carbonyl (C=O) groups is 1. The number of amides is 1. The van der Waals surface area contributed by atoms with Gasteiger partial charge in [0.25, 0.3) is 5.91 Å². The quantitative estimate of drug-likeness (QED) is 0.851. The van der Waals surface area contributed by atoms with Gasteiger partial charge in [0.05, 0.1) is 0 Å². The summed E-state index contributed by atoms with van der Waals surface area (Å²) in [6.45, 7) is 3.57. The van der Waals surface area contributed by atoms with Crippen molar-refractivity contribution in [2.75, 3.05) is 39.0 Å². The number of ether oxygens (including phenoxy) is 1. The second-order valence-electron chi connectivity index (χ2n) is 4.45. The first kappa shape index (κ1) is 14.2. The van der Waals surface area contributed by atoms with E-state index in [1.165, 1.54) is 4.90 Å². The Bertz CT molecular complexity index is 400. The van der Waals surface area contributed by atoms with E-state index >= 15 is 0 Å². The Morgan fingerprint density at radius 2 is 2.11 bits per heavy atom. The summed E-state index contributed by atoms with van der Waals surface area (Å²) in [5.41, 5.74) is 0. The molecule has 2 rings (SSSR count). The molecule has 0 atom stereocenters. The zero-order valence-electron chi connectivity index (χ0n) is 11.2. The van der Waals surface area contributed by atoms with E-state index in [0.29, 0.717) is 0 Å². The maximum absolute atomic E-state index is 12.0. The predicted molar refractivity (Wildman–Crippen MR) is 77.8 cm³/mol. The zero-order valence-corrected chi connectivity index (χ0v) is 12.0. The fourth-order valence-electron chi connectivity index (χ4n) is 2.00. The standard InChI is InChI=1S/C14H20N2O2S/c1-19-13-5-3-12(4-6-13)18-11-14(17)16-9-2-7-15-8-10-16/h3-6,15H,2,7-11H2,1H3. The molecule has 1 aliphatic rings. The van der Waals surface area contributed by atoms with Gasteiger partial charge >= 0.3 is 0 Å². The van der Waals surface area contributed by atoms with Crippen LogP contribution in [0.15, 0.2) is 29.2 Å². The van der Waals surface area contributed by atoms with Crippen molar-refractivity contribution in [1.82, 2.24) is 10.2 Å². The van der Waals surface area contributed by atoms with Gasteiger partial charge in [-0.1, -0.05) is 0 Å². The summed E-state index contributed by atoms with van der Waals surface area (Å²) in [7, 11) is 0. The molecule has 1 aromatic rings. The first-order valence-electron chi connectivity index (χ1n) is 6.55. The predicted octanol–water partition coefficient (Wildman–Crippen LogP) is 1.61. The molecule has 0 spiro atoms. The molecule has 0 bridgehead atoms. The number of benzene rings is 1. The normalized spacial score (nSPS) is 15.9. The Balaban J connectivity index is 1.81. The molecule has 1 aliphatic heterocycles. The average Bonchev–Trinajstić information content (AvgIpc) is 2.74. The largest absolute Gasteiger partial charge is 0.484 e. The van der Waals surface area contributed by atoms with Crippen molar-refractivity contribution >= 4 is 17.7 Å². The molecule has 5 heteroatoms. The van der Waals surface area contributed by atoms with Crippen molar-refractivity contribution in [3.8, 4) is 5.75 Å². The zero-order chi connectivity index (χ0) is 13.5. The molecule has 0 unspecified atom stereocenters. The number of nitrogens with zero attached hydrogens (tertiary/aromatic N) is 1. The highest BCUT2D eigenvalue weighted by Crippen LogP contribution is 2.18. The van der Waals surface area contributed by atoms with Crippen molar-refractivity contribution in [2.24, 2.45) is 0 Å². The Morgan fingerprint density at radius 3 is 2.84 bits per heavy atom. The Labute approximate surface area is 118 Å². The van der Waals surface area contributed by atoms with Gasteiger partial charge in [-0.2, -0.15) is 0 Å². The maximum Gasteiger partial charge on any atom is 0.260 e. The maximum atomic E-state index is 12.0. The molecule has 1 aromatic carbocycles. The summed E-state index contributed by atoms with van der Waals surface area (Å²) in [5, 5.41) is 3.28. The molecular weight excluding hydrogens is 260 g/mol. The SMILES string of the molecule is CSc1ccc(OCC(=O)N2CCCNCC2)cc1. The molecular formula is C14H20N2O2S. The van der Waals surface area contributed by atoms with E-state index in [9.17, 15) is 4.79 Å². The first-order chi connectivity index (χ1) is 9.29. The van der Waals surface area contributed by atoms with Crippen LogP contribution < -0.4 is 10.1 Å². The van der Waals surface area contributed by atoms with E-state index in [2.05, 4.69) is 5.32 Å². The van der Waals surface area contributed by atoms with E-state index in [1.54, 1.807) is 11.8 Å². The molecule has 104 valence electrons. The molecule has 4 nitrogen and oxygen atoms in total. The van der Waals surface area contributed by atoms with Gasteiger partial charge in [0, 0.05) is 24.5 Å². The molecule has 1 N–H and O–H groups in total. The van der Waals surface area contributed by atoms with E-state index < -0.39 is 0 Å². The lowest BCUT2D eigenvalue weighted by Crippen LogP contribution is -2.37. The van der Waals surface area contributed by atoms with Crippen LogP contribution in [0.25, 0.3) is 0 Å². The van der Waals surface area contributed by atoms with Crippen LogP contribution in [0.2, 0.25) is 0 Å². The topological polar surface area (TPSA) is 41.6 Å². The molecule has 1 heterocycles. The van der Waals surface area contributed by atoms with Crippen molar-refractivity contribution in [2.45, 2.75) is 11.3 Å². The second-order valence-corrected chi connectivity index (χ2v) is 5.33. The van der Waals surface area contributed by atoms with E-state index in [4.69, 9.17) is 4.74 Å². The average molecular weight is 280 g/mol. The molecule has 1 fully saturated rings. The number of rotatable bonds is 4. The summed E-state index contributed by atoms with van der Waals surface area (Å²) in [5.74, 6) is 0.816. The minimum absolute atomic E-state index is 0.0673. The van der Waals surface area contributed by atoms with Gasteiger partial charge < -0.3 is 15.0 Å². The molecule has 0 saturated carbocycles. The number of hydrogen-bond acceptors (Lipinski definition) is 4. The van der Waals surface area contributed by atoms with Crippen LogP contribution in [0, 0.1) is 0 Å². The van der Waals surface area contributed by atoms with Crippen molar-refractivity contribution in [3.05, 3.63) is 24.3 Å². The Kier molecular flexibility index (Phi) is 5.54. The Morgan fingerprint density at radius 1 is 1.32 bits per heavy atom. The highest BCUT2D eigenvalue weighted by atomic mass is 32.2. The highest BCUT2D eigenvalue weighted by Gasteiger charge is 2.15. The summed E-state index contributed by atoms with van der Waals surface area (Å²) < 4.78 is 5.54. The van der Waals surface area contributed by atoms with Crippen molar-refractivity contribution < 1.29 is 9.53 Å². The molecule has 19 heavy (non-hydrogen) atoms. The van der Waals surface area contributed by atoms with Crippen LogP contribution in [0.5, 0.6) is 5.75 Å². The molecule has 1 saturated heterocycles. The summed E-state index contributed by atoms with van der Waals surface area (Å²) in [6, 6.07) is 7.81. The smallest absolute Gasteiger partial charge is 0.260 e. The van der Waals surface area contributed by atoms with Crippen molar-refractivity contribution in [1.29, 1.82) is 0 Å². The van der Waals surface area contributed by atoms with Crippen LogP contribution in [0.4, 0.5) is 0 Å². The molecule has 1 amide bonds. The van der Waals surface area contributed by atoms with Crippen LogP contribution in [-0.4, -0.2) is 49.8 Å². The van der Waals surface area contributed by atoms with Crippen LogP contribution in [0.3, 0.4) is 0 Å². The number of hydrogen-bond donors (Lipinski definition) is 1. The molecule has 0 aliphatic carbocycles. The third-order valence-corrected chi connectivity index (χ3v) is 3.86.